The topological polar surface area (TPSA) is 67.9 Å². The smallest absolute Gasteiger partial charge is 0.336 e. The van der Waals surface area contributed by atoms with E-state index in [-0.39, 0.29) is 23.4 Å². The van der Waals surface area contributed by atoms with Gasteiger partial charge in [-0.05, 0) is 30.4 Å². The van der Waals surface area contributed by atoms with Gasteiger partial charge in [-0.3, -0.25) is 9.69 Å². The normalized spacial score (nSPS) is 28.2. The van der Waals surface area contributed by atoms with Gasteiger partial charge < -0.3 is 14.8 Å². The first-order valence-corrected chi connectivity index (χ1v) is 10.1. The molecule has 4 atom stereocenters. The lowest BCUT2D eigenvalue weighted by Gasteiger charge is -2.45. The maximum absolute atomic E-state index is 12.6. The number of hydrogen-bond acceptors (Lipinski definition) is 6. The van der Waals surface area contributed by atoms with Crippen LogP contribution in [0.15, 0.2) is 35.5 Å². The van der Waals surface area contributed by atoms with E-state index in [1.807, 2.05) is 6.07 Å². The van der Waals surface area contributed by atoms with Gasteiger partial charge in [0.2, 0.25) is 0 Å². The molecule has 0 saturated carbocycles. The summed E-state index contributed by atoms with van der Waals surface area (Å²) in [7, 11) is 2.88. The van der Waals surface area contributed by atoms with Crippen molar-refractivity contribution in [2.75, 3.05) is 32.6 Å². The number of benzene rings is 1. The Morgan fingerprint density at radius 3 is 2.79 bits per heavy atom. The first-order chi connectivity index (χ1) is 13.6. The Labute approximate surface area is 165 Å². The molecular formula is C22H28N2O4. The molecule has 6 nitrogen and oxygen atoms in total. The van der Waals surface area contributed by atoms with E-state index in [0.29, 0.717) is 18.9 Å². The molecule has 4 rings (SSSR count). The molecule has 1 aromatic rings. The number of hydrogen-bond donors (Lipinski definition) is 1. The molecule has 1 aromatic carbocycles. The van der Waals surface area contributed by atoms with Crippen molar-refractivity contribution in [3.8, 4) is 0 Å². The minimum atomic E-state index is -0.257. The summed E-state index contributed by atoms with van der Waals surface area (Å²) in [6, 6.07) is 8.61. The van der Waals surface area contributed by atoms with E-state index in [4.69, 9.17) is 9.47 Å². The van der Waals surface area contributed by atoms with Gasteiger partial charge in [0.05, 0.1) is 25.2 Å². The molecule has 0 aromatic heterocycles. The number of para-hydroxylation sites is 1. The highest BCUT2D eigenvalue weighted by Gasteiger charge is 2.60. The number of ether oxygens (including phenoxy) is 2. The highest BCUT2D eigenvalue weighted by molar-refractivity contribution is 5.93. The summed E-state index contributed by atoms with van der Waals surface area (Å²) in [6.45, 7) is 3.70. The summed E-state index contributed by atoms with van der Waals surface area (Å²) in [6.07, 6.45) is 3.15. The van der Waals surface area contributed by atoms with Gasteiger partial charge in [0.1, 0.15) is 0 Å². The summed E-state index contributed by atoms with van der Waals surface area (Å²) in [5.74, 6) is -0.0820. The summed E-state index contributed by atoms with van der Waals surface area (Å²) in [4.78, 5) is 26.8. The summed E-state index contributed by atoms with van der Waals surface area (Å²) in [5.41, 5.74) is 3.84. The molecule has 4 unspecified atom stereocenters. The van der Waals surface area contributed by atoms with Crippen molar-refractivity contribution < 1.29 is 19.1 Å². The first-order valence-electron chi connectivity index (χ1n) is 10.1. The molecule has 0 aliphatic carbocycles. The fraction of sp³-hybridized carbons (Fsp3) is 0.545. The van der Waals surface area contributed by atoms with Crippen LogP contribution in [-0.4, -0.2) is 50.2 Å². The zero-order valence-corrected chi connectivity index (χ0v) is 16.8. The molecule has 150 valence electrons. The van der Waals surface area contributed by atoms with Crippen molar-refractivity contribution in [3.63, 3.8) is 0 Å². The predicted molar refractivity (Wildman–Crippen MR) is 106 cm³/mol. The maximum Gasteiger partial charge on any atom is 0.336 e. The van der Waals surface area contributed by atoms with Crippen molar-refractivity contribution in [3.05, 3.63) is 41.1 Å². The minimum Gasteiger partial charge on any atom is -0.469 e. The van der Waals surface area contributed by atoms with Crippen molar-refractivity contribution in [2.45, 2.75) is 44.1 Å². The van der Waals surface area contributed by atoms with Gasteiger partial charge in [-0.2, -0.15) is 0 Å². The fourth-order valence-electron chi connectivity index (χ4n) is 5.63. The number of nitrogens with zero attached hydrogens (tertiary/aromatic N) is 1. The van der Waals surface area contributed by atoms with Crippen LogP contribution < -0.4 is 5.32 Å². The Kier molecular flexibility index (Phi) is 4.91. The molecule has 6 heteroatoms. The fourth-order valence-corrected chi connectivity index (χ4v) is 5.63. The quantitative estimate of drug-likeness (QED) is 0.761. The Bertz CT molecular complexity index is 834. The number of fused-ring (bicyclic) bond motifs is 2. The molecule has 28 heavy (non-hydrogen) atoms. The highest BCUT2D eigenvalue weighted by Crippen LogP contribution is 2.58. The second-order valence-electron chi connectivity index (χ2n) is 7.94. The third kappa shape index (κ3) is 2.65. The average molecular weight is 384 g/mol. The molecule has 1 fully saturated rings. The van der Waals surface area contributed by atoms with Crippen LogP contribution in [-0.2, 0) is 24.5 Å². The summed E-state index contributed by atoms with van der Waals surface area (Å²) < 4.78 is 9.98. The van der Waals surface area contributed by atoms with Crippen LogP contribution in [0.5, 0.6) is 0 Å². The molecule has 3 aliphatic heterocycles. The molecule has 3 heterocycles. The van der Waals surface area contributed by atoms with Crippen LogP contribution in [0.25, 0.3) is 0 Å². The molecule has 2 bridgehead atoms. The summed E-state index contributed by atoms with van der Waals surface area (Å²) >= 11 is 0. The molecular weight excluding hydrogens is 356 g/mol. The van der Waals surface area contributed by atoms with Crippen LogP contribution in [0.1, 0.15) is 38.2 Å². The van der Waals surface area contributed by atoms with E-state index in [2.05, 4.69) is 35.3 Å². The molecule has 0 radical (unpaired) electrons. The number of nitrogens with one attached hydrogen (secondary N) is 1. The zero-order chi connectivity index (χ0) is 19.9. The van der Waals surface area contributed by atoms with Gasteiger partial charge in [0.25, 0.3) is 0 Å². The Morgan fingerprint density at radius 1 is 1.29 bits per heavy atom. The highest BCUT2D eigenvalue weighted by atomic mass is 16.5. The Hall–Kier alpha value is -2.34. The van der Waals surface area contributed by atoms with Crippen molar-refractivity contribution in [2.24, 2.45) is 5.92 Å². The molecule has 0 amide bonds. The van der Waals surface area contributed by atoms with Gasteiger partial charge >= 0.3 is 11.9 Å². The van der Waals surface area contributed by atoms with E-state index < -0.39 is 0 Å². The minimum absolute atomic E-state index is 0.162. The van der Waals surface area contributed by atoms with Crippen LogP contribution in [0, 0.1) is 5.92 Å². The van der Waals surface area contributed by atoms with Gasteiger partial charge in [-0.25, -0.2) is 4.79 Å². The van der Waals surface area contributed by atoms with Crippen LogP contribution >= 0.6 is 0 Å². The van der Waals surface area contributed by atoms with Crippen molar-refractivity contribution >= 4 is 17.6 Å². The predicted octanol–water partition coefficient (Wildman–Crippen LogP) is 2.84. The first kappa shape index (κ1) is 19.0. The van der Waals surface area contributed by atoms with E-state index >= 15 is 0 Å². The van der Waals surface area contributed by atoms with E-state index in [0.717, 1.165) is 42.8 Å². The monoisotopic (exact) mass is 384 g/mol. The van der Waals surface area contributed by atoms with Crippen LogP contribution in [0.4, 0.5) is 5.69 Å². The molecule has 1 saturated heterocycles. The SMILES string of the molecule is CCC(CCC(=O)OC)C1N2CCC13C(=C(C(=O)OC)C2)Nc1ccccc13. The number of methoxy groups -OCH3 is 2. The molecule has 1 spiro atoms. The third-order valence-corrected chi connectivity index (χ3v) is 6.82. The van der Waals surface area contributed by atoms with Crippen molar-refractivity contribution in [1.82, 2.24) is 4.90 Å². The standard InChI is InChI=1S/C22H28N2O4/c1-4-14(9-10-18(25)27-2)20-22-11-12-24(20)13-15(21(26)28-3)19(22)23-17-8-6-5-7-16(17)22/h5-8,14,20,23H,4,9-13H2,1-3H3. The van der Waals surface area contributed by atoms with Gasteiger partial charge in [-0.1, -0.05) is 31.5 Å². The van der Waals surface area contributed by atoms with E-state index in [1.54, 1.807) is 0 Å². The average Bonchev–Trinajstić information content (AvgIpc) is 3.21. The second-order valence-corrected chi connectivity index (χ2v) is 7.94. The molecule has 3 aliphatic rings. The third-order valence-electron chi connectivity index (χ3n) is 6.82. The Morgan fingerprint density at radius 2 is 2.07 bits per heavy atom. The number of carbonyl (C=O) groups is 2. The number of anilines is 1. The summed E-state index contributed by atoms with van der Waals surface area (Å²) in [5, 5.41) is 3.57. The van der Waals surface area contributed by atoms with E-state index in [1.165, 1.54) is 19.8 Å². The lowest BCUT2D eigenvalue weighted by molar-refractivity contribution is -0.141. The van der Waals surface area contributed by atoms with Crippen molar-refractivity contribution in [1.29, 1.82) is 0 Å². The maximum atomic E-state index is 12.6. The largest absolute Gasteiger partial charge is 0.469 e. The molecule has 1 N–H and O–H groups in total. The number of carbonyl (C=O) groups excluding carboxylic acids is 2. The lowest BCUT2D eigenvalue weighted by Crippen LogP contribution is -2.53. The van der Waals surface area contributed by atoms with Gasteiger partial charge in [0, 0.05) is 36.9 Å². The number of esters is 2. The zero-order valence-electron chi connectivity index (χ0n) is 16.8. The van der Waals surface area contributed by atoms with E-state index in [9.17, 15) is 9.59 Å². The second kappa shape index (κ2) is 7.24. The Balaban J connectivity index is 1.80. The lowest BCUT2D eigenvalue weighted by atomic mass is 9.65. The van der Waals surface area contributed by atoms with Crippen LogP contribution in [0.2, 0.25) is 0 Å². The number of rotatable bonds is 6. The van der Waals surface area contributed by atoms with Gasteiger partial charge in [-0.15, -0.1) is 0 Å². The van der Waals surface area contributed by atoms with Gasteiger partial charge in [0.15, 0.2) is 0 Å². The van der Waals surface area contributed by atoms with Crippen LogP contribution in [0.3, 0.4) is 0 Å².